The van der Waals surface area contributed by atoms with Crippen LogP contribution in [0, 0.1) is 0 Å². The standard InChI is InChI=1S/C2H7AsO2S/c1-3(2)6(4)5/h1-2H3,(H,4,5)/p-1. The zero-order valence-electron chi connectivity index (χ0n) is 3.67. The normalized spacial score (nSPS) is 15.3. The molecule has 0 fully saturated rings. The summed E-state index contributed by atoms with van der Waals surface area (Å²) in [5, 5.41) is 0. The first kappa shape index (κ1) is 6.67. The molecule has 0 aromatic carbocycles. The van der Waals surface area contributed by atoms with E-state index in [1.807, 2.05) is 0 Å². The van der Waals surface area contributed by atoms with Gasteiger partial charge in [-0.2, -0.15) is 0 Å². The Balaban J connectivity index is 3.26. The zero-order chi connectivity index (χ0) is 5.15. The molecule has 1 atom stereocenters. The number of hydrogen-bond donors (Lipinski definition) is 0. The second-order valence-corrected chi connectivity index (χ2v) is 10.5. The van der Waals surface area contributed by atoms with E-state index < -0.39 is 22.8 Å². The first-order chi connectivity index (χ1) is 2.64. The molecular formula is C2H6AsO2S-. The fourth-order valence-electron chi connectivity index (χ4n) is 0. The van der Waals surface area contributed by atoms with Gasteiger partial charge in [0.15, 0.2) is 0 Å². The molecule has 4 heteroatoms. The molecule has 0 spiro atoms. The van der Waals surface area contributed by atoms with Crippen LogP contribution in [0.4, 0.5) is 0 Å². The maximum absolute atomic E-state index is 9.76. The van der Waals surface area contributed by atoms with E-state index in [2.05, 4.69) is 0 Å². The van der Waals surface area contributed by atoms with E-state index in [9.17, 15) is 8.76 Å². The third kappa shape index (κ3) is 2.88. The number of hydrogen-bond acceptors (Lipinski definition) is 2. The molecule has 0 bridgehead atoms. The molecule has 0 saturated heterocycles. The van der Waals surface area contributed by atoms with Crippen LogP contribution < -0.4 is 0 Å². The van der Waals surface area contributed by atoms with Crippen molar-refractivity contribution in [3.05, 3.63) is 0 Å². The van der Waals surface area contributed by atoms with Gasteiger partial charge < -0.3 is 0 Å². The molecule has 0 heterocycles. The Hall–Kier alpha value is 0.668. The summed E-state index contributed by atoms with van der Waals surface area (Å²) >= 11 is -1.38. The Morgan fingerprint density at radius 1 is 1.67 bits per heavy atom. The maximum atomic E-state index is 9.76. The average molecular weight is 169 g/mol. The van der Waals surface area contributed by atoms with Gasteiger partial charge in [0.25, 0.3) is 0 Å². The van der Waals surface area contributed by atoms with Gasteiger partial charge in [0.05, 0.1) is 0 Å². The van der Waals surface area contributed by atoms with Crippen molar-refractivity contribution in [3.63, 3.8) is 0 Å². The molecule has 0 rings (SSSR count). The molecule has 0 aliphatic heterocycles. The van der Waals surface area contributed by atoms with E-state index in [4.69, 9.17) is 0 Å². The summed E-state index contributed by atoms with van der Waals surface area (Å²) < 4.78 is 19.5. The third-order valence-electron chi connectivity index (χ3n) is 0.298. The van der Waals surface area contributed by atoms with Crippen molar-refractivity contribution in [2.24, 2.45) is 0 Å². The minimum atomic E-state index is -1.72. The summed E-state index contributed by atoms with van der Waals surface area (Å²) in [5.41, 5.74) is 3.55. The number of rotatable bonds is 1. The van der Waals surface area contributed by atoms with Crippen LogP contribution in [-0.4, -0.2) is 22.3 Å². The van der Waals surface area contributed by atoms with Crippen LogP contribution in [0.15, 0.2) is 0 Å². The monoisotopic (exact) mass is 169 g/mol. The Morgan fingerprint density at radius 2 is 1.83 bits per heavy atom. The molecule has 0 aromatic heterocycles. The van der Waals surface area contributed by atoms with Crippen LogP contribution >= 0.6 is 0 Å². The second kappa shape index (κ2) is 2.78. The topological polar surface area (TPSA) is 40.1 Å². The van der Waals surface area contributed by atoms with Gasteiger partial charge in [-0.25, -0.2) is 0 Å². The predicted molar refractivity (Wildman–Crippen MR) is 26.4 cm³/mol. The molecule has 0 aliphatic rings. The van der Waals surface area contributed by atoms with Crippen LogP contribution in [0.2, 0.25) is 11.4 Å². The van der Waals surface area contributed by atoms with Gasteiger partial charge >= 0.3 is 43.0 Å². The molecule has 6 heavy (non-hydrogen) atoms. The van der Waals surface area contributed by atoms with E-state index in [1.165, 1.54) is 0 Å². The fraction of sp³-hybridized carbons (Fsp3) is 1.00. The van der Waals surface area contributed by atoms with Crippen molar-refractivity contribution in [2.75, 3.05) is 0 Å². The van der Waals surface area contributed by atoms with Gasteiger partial charge in [-0.15, -0.1) is 0 Å². The van der Waals surface area contributed by atoms with Crippen molar-refractivity contribution < 1.29 is 8.76 Å². The Labute approximate surface area is 43.5 Å². The van der Waals surface area contributed by atoms with E-state index in [0.717, 1.165) is 0 Å². The molecular weight excluding hydrogens is 163 g/mol. The molecule has 0 aliphatic carbocycles. The molecule has 38 valence electrons. The SMILES string of the molecule is C[As](C)S(=O)[O-]. The van der Waals surface area contributed by atoms with Crippen molar-refractivity contribution in [1.29, 1.82) is 0 Å². The fourth-order valence-corrected chi connectivity index (χ4v) is 0. The van der Waals surface area contributed by atoms with Crippen LogP contribution in [-0.2, 0) is 9.34 Å². The summed E-state index contributed by atoms with van der Waals surface area (Å²) in [7, 11) is -1.72. The van der Waals surface area contributed by atoms with Crippen molar-refractivity contribution >= 4 is 22.8 Å². The summed E-state index contributed by atoms with van der Waals surface area (Å²) in [6.45, 7) is 0. The van der Waals surface area contributed by atoms with Gasteiger partial charge in [0.1, 0.15) is 0 Å². The molecule has 2 nitrogen and oxygen atoms in total. The molecule has 0 saturated carbocycles. The van der Waals surface area contributed by atoms with Crippen LogP contribution in [0.5, 0.6) is 0 Å². The van der Waals surface area contributed by atoms with E-state index >= 15 is 0 Å². The van der Waals surface area contributed by atoms with Crippen molar-refractivity contribution in [2.45, 2.75) is 11.4 Å². The Morgan fingerprint density at radius 3 is 1.83 bits per heavy atom. The molecule has 0 aromatic rings. The Bertz CT molecular complexity index is 62.6. The first-order valence-electron chi connectivity index (χ1n) is 1.41. The third-order valence-corrected chi connectivity index (χ3v) is 4.65. The molecule has 0 amide bonds. The van der Waals surface area contributed by atoms with Gasteiger partial charge in [0, 0.05) is 0 Å². The van der Waals surface area contributed by atoms with Gasteiger partial charge in [0.2, 0.25) is 0 Å². The molecule has 0 radical (unpaired) electrons. The van der Waals surface area contributed by atoms with E-state index in [-0.39, 0.29) is 0 Å². The zero-order valence-corrected chi connectivity index (χ0v) is 6.37. The summed E-state index contributed by atoms with van der Waals surface area (Å²) in [6.07, 6.45) is 0. The molecule has 0 N–H and O–H groups in total. The van der Waals surface area contributed by atoms with Gasteiger partial charge in [-0.3, -0.25) is 0 Å². The summed E-state index contributed by atoms with van der Waals surface area (Å²) in [4.78, 5) is 0. The quantitative estimate of drug-likeness (QED) is 0.413. The van der Waals surface area contributed by atoms with E-state index in [1.54, 1.807) is 11.4 Å². The van der Waals surface area contributed by atoms with E-state index in [0.29, 0.717) is 0 Å². The summed E-state index contributed by atoms with van der Waals surface area (Å²) in [6, 6.07) is 0. The van der Waals surface area contributed by atoms with Crippen LogP contribution in [0.1, 0.15) is 0 Å². The second-order valence-electron chi connectivity index (χ2n) is 1.03. The minimum absolute atomic E-state index is 1.38. The van der Waals surface area contributed by atoms with Gasteiger partial charge in [-0.1, -0.05) is 0 Å². The summed E-state index contributed by atoms with van der Waals surface area (Å²) in [5.74, 6) is 0. The average Bonchev–Trinajstić information content (AvgIpc) is 1.36. The van der Waals surface area contributed by atoms with Crippen LogP contribution in [0.25, 0.3) is 0 Å². The predicted octanol–water partition coefficient (Wildman–Crippen LogP) is 0.117. The van der Waals surface area contributed by atoms with Crippen molar-refractivity contribution in [3.8, 4) is 0 Å². The van der Waals surface area contributed by atoms with Crippen LogP contribution in [0.3, 0.4) is 0 Å². The Kier molecular flexibility index (Phi) is 3.09. The molecule has 1 unspecified atom stereocenters. The van der Waals surface area contributed by atoms with Crippen molar-refractivity contribution in [1.82, 2.24) is 0 Å². The van der Waals surface area contributed by atoms with Gasteiger partial charge in [-0.05, 0) is 0 Å². The first-order valence-corrected chi connectivity index (χ1v) is 8.49.